The SMILES string of the molecule is CC(C)c1nc2cccnc2n1CCN1CCCCC1. The van der Waals surface area contributed by atoms with E-state index in [2.05, 4.69) is 34.4 Å². The Hall–Kier alpha value is -1.42. The van der Waals surface area contributed by atoms with Gasteiger partial charge in [0.1, 0.15) is 11.3 Å². The highest BCUT2D eigenvalue weighted by Crippen LogP contribution is 2.20. The van der Waals surface area contributed by atoms with E-state index in [4.69, 9.17) is 4.98 Å². The van der Waals surface area contributed by atoms with Gasteiger partial charge in [-0.1, -0.05) is 20.3 Å². The zero-order valence-electron chi connectivity index (χ0n) is 12.5. The molecule has 4 heteroatoms. The molecule has 108 valence electrons. The lowest BCUT2D eigenvalue weighted by molar-refractivity contribution is 0.220. The second kappa shape index (κ2) is 5.92. The smallest absolute Gasteiger partial charge is 0.160 e. The fourth-order valence-corrected chi connectivity index (χ4v) is 3.06. The molecular weight excluding hydrogens is 248 g/mol. The first-order chi connectivity index (χ1) is 9.75. The molecule has 0 aliphatic carbocycles. The fourth-order valence-electron chi connectivity index (χ4n) is 3.06. The van der Waals surface area contributed by atoms with Crippen LogP contribution in [0.5, 0.6) is 0 Å². The Kier molecular flexibility index (Phi) is 4.01. The Morgan fingerprint density at radius 2 is 1.95 bits per heavy atom. The van der Waals surface area contributed by atoms with Crippen LogP contribution in [0.3, 0.4) is 0 Å². The molecule has 0 bridgehead atoms. The van der Waals surface area contributed by atoms with Gasteiger partial charge in [-0.15, -0.1) is 0 Å². The largest absolute Gasteiger partial charge is 0.311 e. The number of aromatic nitrogens is 3. The monoisotopic (exact) mass is 272 g/mol. The molecule has 2 aromatic heterocycles. The van der Waals surface area contributed by atoms with Gasteiger partial charge >= 0.3 is 0 Å². The van der Waals surface area contributed by atoms with E-state index >= 15 is 0 Å². The number of hydrogen-bond donors (Lipinski definition) is 0. The zero-order chi connectivity index (χ0) is 13.9. The highest BCUT2D eigenvalue weighted by atomic mass is 15.2. The summed E-state index contributed by atoms with van der Waals surface area (Å²) in [4.78, 5) is 11.9. The van der Waals surface area contributed by atoms with Crippen molar-refractivity contribution in [1.29, 1.82) is 0 Å². The molecular formula is C16H24N4. The van der Waals surface area contributed by atoms with Gasteiger partial charge < -0.3 is 9.47 Å². The van der Waals surface area contributed by atoms with E-state index in [0.29, 0.717) is 5.92 Å². The third kappa shape index (κ3) is 2.70. The predicted molar refractivity (Wildman–Crippen MR) is 81.9 cm³/mol. The summed E-state index contributed by atoms with van der Waals surface area (Å²) in [6.07, 6.45) is 5.95. The van der Waals surface area contributed by atoms with E-state index in [0.717, 1.165) is 30.1 Å². The quantitative estimate of drug-likeness (QED) is 0.858. The Morgan fingerprint density at radius 1 is 1.15 bits per heavy atom. The number of imidazole rings is 1. The summed E-state index contributed by atoms with van der Waals surface area (Å²) in [5, 5.41) is 0. The molecule has 2 aromatic rings. The van der Waals surface area contributed by atoms with Crippen molar-refractivity contribution in [2.24, 2.45) is 0 Å². The lowest BCUT2D eigenvalue weighted by Crippen LogP contribution is -2.32. The third-order valence-corrected chi connectivity index (χ3v) is 4.14. The number of fused-ring (bicyclic) bond motifs is 1. The van der Waals surface area contributed by atoms with Gasteiger partial charge in [-0.3, -0.25) is 0 Å². The molecule has 0 radical (unpaired) electrons. The van der Waals surface area contributed by atoms with E-state index in [9.17, 15) is 0 Å². The Morgan fingerprint density at radius 3 is 2.70 bits per heavy atom. The van der Waals surface area contributed by atoms with Crippen molar-refractivity contribution >= 4 is 11.2 Å². The van der Waals surface area contributed by atoms with Gasteiger partial charge in [-0.2, -0.15) is 0 Å². The second-order valence-electron chi connectivity index (χ2n) is 6.02. The van der Waals surface area contributed by atoms with Crippen LogP contribution in [0.4, 0.5) is 0 Å². The molecule has 1 saturated heterocycles. The maximum atomic E-state index is 4.76. The molecule has 3 rings (SSSR count). The van der Waals surface area contributed by atoms with Crippen LogP contribution < -0.4 is 0 Å². The van der Waals surface area contributed by atoms with Gasteiger partial charge in [-0.25, -0.2) is 9.97 Å². The molecule has 0 N–H and O–H groups in total. The first-order valence-corrected chi connectivity index (χ1v) is 7.79. The molecule has 0 unspecified atom stereocenters. The first-order valence-electron chi connectivity index (χ1n) is 7.79. The summed E-state index contributed by atoms with van der Waals surface area (Å²) >= 11 is 0. The number of piperidine rings is 1. The molecule has 1 aliphatic rings. The van der Waals surface area contributed by atoms with Crippen LogP contribution in [0.2, 0.25) is 0 Å². The minimum atomic E-state index is 0.436. The summed E-state index contributed by atoms with van der Waals surface area (Å²) in [6.45, 7) is 9.02. The number of pyridine rings is 1. The van der Waals surface area contributed by atoms with E-state index < -0.39 is 0 Å². The van der Waals surface area contributed by atoms with E-state index in [-0.39, 0.29) is 0 Å². The van der Waals surface area contributed by atoms with Crippen LogP contribution >= 0.6 is 0 Å². The Labute approximate surface area is 120 Å². The van der Waals surface area contributed by atoms with Crippen molar-refractivity contribution in [3.05, 3.63) is 24.2 Å². The van der Waals surface area contributed by atoms with Crippen molar-refractivity contribution < 1.29 is 0 Å². The van der Waals surface area contributed by atoms with Crippen molar-refractivity contribution in [3.8, 4) is 0 Å². The molecule has 20 heavy (non-hydrogen) atoms. The van der Waals surface area contributed by atoms with Gasteiger partial charge in [0.2, 0.25) is 0 Å². The number of hydrogen-bond acceptors (Lipinski definition) is 3. The lowest BCUT2D eigenvalue weighted by Gasteiger charge is -2.26. The summed E-state index contributed by atoms with van der Waals surface area (Å²) in [5.41, 5.74) is 2.06. The van der Waals surface area contributed by atoms with Gasteiger partial charge in [0.15, 0.2) is 5.65 Å². The van der Waals surface area contributed by atoms with E-state index in [1.165, 1.54) is 32.4 Å². The second-order valence-corrected chi connectivity index (χ2v) is 6.02. The van der Waals surface area contributed by atoms with Crippen LogP contribution in [0.15, 0.2) is 18.3 Å². The fraction of sp³-hybridized carbons (Fsp3) is 0.625. The average molecular weight is 272 g/mol. The van der Waals surface area contributed by atoms with E-state index in [1.54, 1.807) is 0 Å². The lowest BCUT2D eigenvalue weighted by atomic mass is 10.1. The summed E-state index contributed by atoms with van der Waals surface area (Å²) in [7, 11) is 0. The maximum Gasteiger partial charge on any atom is 0.160 e. The molecule has 0 atom stereocenters. The Balaban J connectivity index is 1.83. The molecule has 4 nitrogen and oxygen atoms in total. The molecule has 0 spiro atoms. The van der Waals surface area contributed by atoms with Crippen molar-refractivity contribution in [3.63, 3.8) is 0 Å². The minimum absolute atomic E-state index is 0.436. The van der Waals surface area contributed by atoms with Gasteiger partial charge in [-0.05, 0) is 38.1 Å². The normalized spacial score (nSPS) is 17.1. The maximum absolute atomic E-state index is 4.76. The van der Waals surface area contributed by atoms with Crippen LogP contribution in [0.25, 0.3) is 11.2 Å². The molecule has 3 heterocycles. The summed E-state index contributed by atoms with van der Waals surface area (Å²) < 4.78 is 2.31. The van der Waals surface area contributed by atoms with Gasteiger partial charge in [0.05, 0.1) is 0 Å². The number of rotatable bonds is 4. The van der Waals surface area contributed by atoms with Crippen LogP contribution in [0.1, 0.15) is 44.9 Å². The standard InChI is InChI=1S/C16H24N4/c1-13(2)15-18-14-7-6-8-17-16(14)20(15)12-11-19-9-4-3-5-10-19/h6-8,13H,3-5,9-12H2,1-2H3. The number of nitrogens with zero attached hydrogens (tertiary/aromatic N) is 4. The number of likely N-dealkylation sites (tertiary alicyclic amines) is 1. The first kappa shape index (κ1) is 13.6. The summed E-state index contributed by atoms with van der Waals surface area (Å²) in [5.74, 6) is 1.60. The average Bonchev–Trinajstić information content (AvgIpc) is 2.85. The van der Waals surface area contributed by atoms with E-state index in [1.807, 2.05) is 12.3 Å². The molecule has 1 fully saturated rings. The minimum Gasteiger partial charge on any atom is -0.311 e. The van der Waals surface area contributed by atoms with Gasteiger partial charge in [0.25, 0.3) is 0 Å². The zero-order valence-corrected chi connectivity index (χ0v) is 12.5. The highest BCUT2D eigenvalue weighted by molar-refractivity contribution is 5.71. The molecule has 0 amide bonds. The molecule has 1 aliphatic heterocycles. The third-order valence-electron chi connectivity index (χ3n) is 4.14. The predicted octanol–water partition coefficient (Wildman–Crippen LogP) is 3.04. The highest BCUT2D eigenvalue weighted by Gasteiger charge is 2.16. The van der Waals surface area contributed by atoms with Crippen molar-refractivity contribution in [2.75, 3.05) is 19.6 Å². The topological polar surface area (TPSA) is 34.0 Å². The molecule has 0 aromatic carbocycles. The summed E-state index contributed by atoms with van der Waals surface area (Å²) in [6, 6.07) is 4.03. The molecule has 0 saturated carbocycles. The van der Waals surface area contributed by atoms with Crippen molar-refractivity contribution in [1.82, 2.24) is 19.4 Å². The van der Waals surface area contributed by atoms with Crippen LogP contribution in [-0.4, -0.2) is 39.1 Å². The van der Waals surface area contributed by atoms with Crippen LogP contribution in [-0.2, 0) is 6.54 Å². The van der Waals surface area contributed by atoms with Gasteiger partial charge in [0, 0.05) is 25.2 Å². The Bertz CT molecular complexity index is 567. The van der Waals surface area contributed by atoms with Crippen LogP contribution in [0, 0.1) is 0 Å². The van der Waals surface area contributed by atoms with Crippen molar-refractivity contribution in [2.45, 2.75) is 45.6 Å².